The SMILES string of the molecule is COc1cccc(C(Nc2ccccc2)C(=O)O)c1. The highest BCUT2D eigenvalue weighted by Crippen LogP contribution is 2.23. The Labute approximate surface area is 111 Å². The van der Waals surface area contributed by atoms with Gasteiger partial charge < -0.3 is 15.2 Å². The zero-order valence-electron chi connectivity index (χ0n) is 10.5. The third-order valence-electron chi connectivity index (χ3n) is 2.76. The minimum absolute atomic E-state index is 0.638. The Bertz CT molecular complexity index is 554. The van der Waals surface area contributed by atoms with Gasteiger partial charge in [0, 0.05) is 5.69 Å². The predicted octanol–water partition coefficient (Wildman–Crippen LogP) is 2.93. The molecule has 2 aromatic rings. The van der Waals surface area contributed by atoms with Gasteiger partial charge >= 0.3 is 5.97 Å². The van der Waals surface area contributed by atoms with Gasteiger partial charge in [0.05, 0.1) is 7.11 Å². The van der Waals surface area contributed by atoms with Crippen LogP contribution < -0.4 is 10.1 Å². The molecule has 0 saturated heterocycles. The first kappa shape index (κ1) is 13.0. The summed E-state index contributed by atoms with van der Waals surface area (Å²) in [5, 5.41) is 12.3. The highest BCUT2D eigenvalue weighted by Gasteiger charge is 2.19. The molecule has 2 rings (SSSR count). The molecule has 2 aromatic carbocycles. The number of ether oxygens (including phenoxy) is 1. The van der Waals surface area contributed by atoms with E-state index in [0.29, 0.717) is 11.3 Å². The third kappa shape index (κ3) is 3.25. The number of hydrogen-bond donors (Lipinski definition) is 2. The number of para-hydroxylation sites is 1. The number of benzene rings is 2. The molecule has 98 valence electrons. The summed E-state index contributed by atoms with van der Waals surface area (Å²) in [5.74, 6) is -0.296. The van der Waals surface area contributed by atoms with Crippen molar-refractivity contribution >= 4 is 11.7 Å². The fourth-order valence-electron chi connectivity index (χ4n) is 1.81. The molecule has 0 heterocycles. The van der Waals surface area contributed by atoms with Crippen LogP contribution in [-0.4, -0.2) is 18.2 Å². The molecule has 0 aliphatic rings. The standard InChI is InChI=1S/C15H15NO3/c1-19-13-9-5-6-11(10-13)14(15(17)18)16-12-7-3-2-4-8-12/h2-10,14,16H,1H3,(H,17,18). The van der Waals surface area contributed by atoms with Crippen LogP contribution in [0.15, 0.2) is 54.6 Å². The van der Waals surface area contributed by atoms with Crippen molar-refractivity contribution in [3.05, 3.63) is 60.2 Å². The number of nitrogens with one attached hydrogen (secondary N) is 1. The molecule has 0 aliphatic carbocycles. The van der Waals surface area contributed by atoms with Crippen molar-refractivity contribution in [3.8, 4) is 5.75 Å². The summed E-state index contributed by atoms with van der Waals surface area (Å²) in [5.41, 5.74) is 1.41. The number of carboxylic acids is 1. The van der Waals surface area contributed by atoms with E-state index < -0.39 is 12.0 Å². The lowest BCUT2D eigenvalue weighted by molar-refractivity contribution is -0.138. The van der Waals surface area contributed by atoms with E-state index in [9.17, 15) is 9.90 Å². The Morgan fingerprint density at radius 3 is 2.53 bits per heavy atom. The molecular formula is C15H15NO3. The summed E-state index contributed by atoms with van der Waals surface area (Å²) in [6.45, 7) is 0. The first-order chi connectivity index (χ1) is 9.20. The molecule has 4 heteroatoms. The van der Waals surface area contributed by atoms with Crippen molar-refractivity contribution in [1.82, 2.24) is 0 Å². The molecule has 19 heavy (non-hydrogen) atoms. The van der Waals surface area contributed by atoms with E-state index in [1.54, 1.807) is 31.4 Å². The molecule has 0 amide bonds. The zero-order valence-corrected chi connectivity index (χ0v) is 10.5. The normalized spacial score (nSPS) is 11.6. The van der Waals surface area contributed by atoms with Crippen molar-refractivity contribution in [1.29, 1.82) is 0 Å². The van der Waals surface area contributed by atoms with E-state index in [4.69, 9.17) is 4.74 Å². The number of carboxylic acid groups (broad SMARTS) is 1. The van der Waals surface area contributed by atoms with Crippen LogP contribution in [0.2, 0.25) is 0 Å². The topological polar surface area (TPSA) is 58.6 Å². The second kappa shape index (κ2) is 5.91. The van der Waals surface area contributed by atoms with Crippen molar-refractivity contribution in [2.75, 3.05) is 12.4 Å². The average molecular weight is 257 g/mol. The maximum absolute atomic E-state index is 11.4. The zero-order chi connectivity index (χ0) is 13.7. The molecule has 0 aliphatic heterocycles. The molecular weight excluding hydrogens is 242 g/mol. The Hall–Kier alpha value is -2.49. The van der Waals surface area contributed by atoms with Gasteiger partial charge in [0.25, 0.3) is 0 Å². The number of methoxy groups -OCH3 is 1. The van der Waals surface area contributed by atoms with Gasteiger partial charge in [-0.05, 0) is 29.8 Å². The van der Waals surface area contributed by atoms with Crippen LogP contribution in [-0.2, 0) is 4.79 Å². The summed E-state index contributed by atoms with van der Waals surface area (Å²) < 4.78 is 5.11. The van der Waals surface area contributed by atoms with E-state index in [0.717, 1.165) is 5.69 Å². The molecule has 0 fully saturated rings. The van der Waals surface area contributed by atoms with Crippen molar-refractivity contribution in [2.45, 2.75) is 6.04 Å². The summed E-state index contributed by atoms with van der Waals surface area (Å²) in [6.07, 6.45) is 0. The molecule has 0 saturated carbocycles. The maximum atomic E-state index is 11.4. The lowest BCUT2D eigenvalue weighted by Gasteiger charge is -2.16. The highest BCUT2D eigenvalue weighted by molar-refractivity contribution is 5.79. The second-order valence-electron chi connectivity index (χ2n) is 4.06. The fourth-order valence-corrected chi connectivity index (χ4v) is 1.81. The van der Waals surface area contributed by atoms with Gasteiger partial charge in [-0.15, -0.1) is 0 Å². The number of aliphatic carboxylic acids is 1. The number of rotatable bonds is 5. The monoisotopic (exact) mass is 257 g/mol. The van der Waals surface area contributed by atoms with E-state index in [-0.39, 0.29) is 0 Å². The molecule has 1 atom stereocenters. The summed E-state index contributed by atoms with van der Waals surface area (Å²) in [6, 6.07) is 15.5. The quantitative estimate of drug-likeness (QED) is 0.864. The Morgan fingerprint density at radius 2 is 1.89 bits per heavy atom. The molecule has 2 N–H and O–H groups in total. The summed E-state index contributed by atoms with van der Waals surface area (Å²) >= 11 is 0. The van der Waals surface area contributed by atoms with Gasteiger partial charge in [-0.2, -0.15) is 0 Å². The number of hydrogen-bond acceptors (Lipinski definition) is 3. The van der Waals surface area contributed by atoms with Crippen LogP contribution in [0.5, 0.6) is 5.75 Å². The molecule has 0 aromatic heterocycles. The third-order valence-corrected chi connectivity index (χ3v) is 2.76. The van der Waals surface area contributed by atoms with Crippen molar-refractivity contribution in [2.24, 2.45) is 0 Å². The van der Waals surface area contributed by atoms with Crippen LogP contribution in [0, 0.1) is 0 Å². The number of carbonyl (C=O) groups is 1. The van der Waals surface area contributed by atoms with Gasteiger partial charge in [0.15, 0.2) is 6.04 Å². The lowest BCUT2D eigenvalue weighted by Crippen LogP contribution is -2.20. The first-order valence-corrected chi connectivity index (χ1v) is 5.89. The Kier molecular flexibility index (Phi) is 4.03. The second-order valence-corrected chi connectivity index (χ2v) is 4.06. The van der Waals surface area contributed by atoms with Gasteiger partial charge in [0.1, 0.15) is 5.75 Å². The molecule has 1 unspecified atom stereocenters. The van der Waals surface area contributed by atoms with Gasteiger partial charge in [-0.25, -0.2) is 4.79 Å². The summed E-state index contributed by atoms with van der Waals surface area (Å²) in [7, 11) is 1.56. The van der Waals surface area contributed by atoms with E-state index in [2.05, 4.69) is 5.32 Å². The van der Waals surface area contributed by atoms with Crippen molar-refractivity contribution in [3.63, 3.8) is 0 Å². The molecule has 4 nitrogen and oxygen atoms in total. The lowest BCUT2D eigenvalue weighted by atomic mass is 10.1. The first-order valence-electron chi connectivity index (χ1n) is 5.89. The molecule has 0 spiro atoms. The fraction of sp³-hybridized carbons (Fsp3) is 0.133. The van der Waals surface area contributed by atoms with Crippen LogP contribution in [0.4, 0.5) is 5.69 Å². The molecule has 0 bridgehead atoms. The van der Waals surface area contributed by atoms with E-state index in [1.807, 2.05) is 30.3 Å². The predicted molar refractivity (Wildman–Crippen MR) is 73.4 cm³/mol. The molecule has 0 radical (unpaired) electrons. The van der Waals surface area contributed by atoms with Gasteiger partial charge in [-0.1, -0.05) is 30.3 Å². The largest absolute Gasteiger partial charge is 0.497 e. The summed E-state index contributed by atoms with van der Waals surface area (Å²) in [4.78, 5) is 11.4. The maximum Gasteiger partial charge on any atom is 0.330 e. The average Bonchev–Trinajstić information content (AvgIpc) is 2.45. The van der Waals surface area contributed by atoms with E-state index >= 15 is 0 Å². The van der Waals surface area contributed by atoms with Gasteiger partial charge in [0.2, 0.25) is 0 Å². The smallest absolute Gasteiger partial charge is 0.330 e. The van der Waals surface area contributed by atoms with Gasteiger partial charge in [-0.3, -0.25) is 0 Å². The van der Waals surface area contributed by atoms with E-state index in [1.165, 1.54) is 0 Å². The number of anilines is 1. The van der Waals surface area contributed by atoms with Crippen LogP contribution in [0.3, 0.4) is 0 Å². The minimum Gasteiger partial charge on any atom is -0.497 e. The highest BCUT2D eigenvalue weighted by atomic mass is 16.5. The minimum atomic E-state index is -0.933. The van der Waals surface area contributed by atoms with Crippen molar-refractivity contribution < 1.29 is 14.6 Å². The Morgan fingerprint density at radius 1 is 1.16 bits per heavy atom. The Balaban J connectivity index is 2.27. The van der Waals surface area contributed by atoms with Crippen LogP contribution in [0.25, 0.3) is 0 Å². The van der Waals surface area contributed by atoms with Crippen LogP contribution in [0.1, 0.15) is 11.6 Å². The van der Waals surface area contributed by atoms with Crippen LogP contribution >= 0.6 is 0 Å².